The van der Waals surface area contributed by atoms with Crippen molar-refractivity contribution in [3.63, 3.8) is 0 Å². The molecule has 30 heavy (non-hydrogen) atoms. The van der Waals surface area contributed by atoms with Gasteiger partial charge in [-0.25, -0.2) is 0 Å². The molecule has 5 nitrogen and oxygen atoms in total. The van der Waals surface area contributed by atoms with Crippen LogP contribution in [-0.4, -0.2) is 35.4 Å². The molecule has 2 atom stereocenters. The average molecular weight is 516 g/mol. The number of nitrogens with one attached hydrogen (secondary N) is 1. The first kappa shape index (κ1) is 24.5. The molecule has 0 aromatic heterocycles. The van der Waals surface area contributed by atoms with Crippen molar-refractivity contribution in [2.45, 2.75) is 45.8 Å². The van der Waals surface area contributed by atoms with Gasteiger partial charge in [0.05, 0.1) is 0 Å². The first-order chi connectivity index (χ1) is 14.2. The Morgan fingerprint density at radius 3 is 2.40 bits per heavy atom. The molecular weight excluding hydrogens is 491 g/mol. The van der Waals surface area contributed by atoms with Gasteiger partial charge in [0.2, 0.25) is 5.91 Å². The van der Waals surface area contributed by atoms with Gasteiger partial charge in [-0.3, -0.25) is 9.59 Å². The van der Waals surface area contributed by atoms with Gasteiger partial charge in [0.25, 0.3) is 5.91 Å². The minimum atomic E-state index is -0.702. The van der Waals surface area contributed by atoms with Crippen LogP contribution in [-0.2, 0) is 16.1 Å². The third-order valence-corrected chi connectivity index (χ3v) is 5.82. The van der Waals surface area contributed by atoms with Crippen molar-refractivity contribution in [2.75, 3.05) is 6.61 Å². The van der Waals surface area contributed by atoms with E-state index in [0.717, 1.165) is 10.9 Å². The van der Waals surface area contributed by atoms with Gasteiger partial charge in [-0.05, 0) is 62.2 Å². The molecule has 0 aliphatic heterocycles. The summed E-state index contributed by atoms with van der Waals surface area (Å²) in [6.07, 6.45) is 0.794. The van der Waals surface area contributed by atoms with Crippen LogP contribution in [0.1, 0.15) is 32.8 Å². The standard InChI is InChI=1S/C22H25BrCl2N2O3/c1-4-14(2)26-22(29)15(3)27(12-16-5-8-18(24)11-20(16)25)21(28)13-30-19-9-6-17(23)7-10-19/h5-11,14-15H,4,12-13H2,1-3H3,(H,26,29). The molecule has 2 amide bonds. The minimum Gasteiger partial charge on any atom is -0.484 e. The van der Waals surface area contributed by atoms with Crippen molar-refractivity contribution < 1.29 is 14.3 Å². The lowest BCUT2D eigenvalue weighted by Crippen LogP contribution is -2.50. The summed E-state index contributed by atoms with van der Waals surface area (Å²) in [5, 5.41) is 3.86. The first-order valence-corrected chi connectivity index (χ1v) is 11.2. The molecule has 0 aliphatic rings. The second-order valence-electron chi connectivity index (χ2n) is 6.99. The van der Waals surface area contributed by atoms with Gasteiger partial charge in [0.15, 0.2) is 6.61 Å². The molecule has 0 spiro atoms. The molecule has 0 heterocycles. The van der Waals surface area contributed by atoms with E-state index in [1.807, 2.05) is 26.0 Å². The highest BCUT2D eigenvalue weighted by Gasteiger charge is 2.27. The van der Waals surface area contributed by atoms with E-state index in [1.165, 1.54) is 4.90 Å². The third kappa shape index (κ3) is 7.18. The van der Waals surface area contributed by atoms with Crippen LogP contribution >= 0.6 is 39.1 Å². The molecule has 2 rings (SSSR count). The number of ether oxygens (including phenoxy) is 1. The summed E-state index contributed by atoms with van der Waals surface area (Å²) in [6, 6.07) is 11.5. The van der Waals surface area contributed by atoms with Crippen molar-refractivity contribution in [3.8, 4) is 5.75 Å². The van der Waals surface area contributed by atoms with Crippen molar-refractivity contribution in [3.05, 3.63) is 62.5 Å². The van der Waals surface area contributed by atoms with E-state index in [-0.39, 0.29) is 31.0 Å². The Balaban J connectivity index is 2.18. The van der Waals surface area contributed by atoms with Crippen molar-refractivity contribution >= 4 is 50.9 Å². The summed E-state index contributed by atoms with van der Waals surface area (Å²) < 4.78 is 6.54. The average Bonchev–Trinajstić information content (AvgIpc) is 2.72. The number of hydrogen-bond acceptors (Lipinski definition) is 3. The zero-order chi connectivity index (χ0) is 22.3. The maximum Gasteiger partial charge on any atom is 0.261 e. The predicted octanol–water partition coefficient (Wildman–Crippen LogP) is 5.47. The highest BCUT2D eigenvalue weighted by Crippen LogP contribution is 2.23. The molecule has 0 aliphatic carbocycles. The highest BCUT2D eigenvalue weighted by molar-refractivity contribution is 9.10. The van der Waals surface area contributed by atoms with E-state index in [4.69, 9.17) is 27.9 Å². The van der Waals surface area contributed by atoms with Gasteiger partial charge < -0.3 is 15.0 Å². The Kier molecular flexibility index (Phi) is 9.46. The van der Waals surface area contributed by atoms with E-state index < -0.39 is 6.04 Å². The zero-order valence-electron chi connectivity index (χ0n) is 17.1. The van der Waals surface area contributed by atoms with E-state index in [1.54, 1.807) is 37.3 Å². The Morgan fingerprint density at radius 2 is 1.80 bits per heavy atom. The van der Waals surface area contributed by atoms with Crippen LogP contribution in [0.25, 0.3) is 0 Å². The van der Waals surface area contributed by atoms with Crippen LogP contribution in [0.3, 0.4) is 0 Å². The SMILES string of the molecule is CCC(C)NC(=O)C(C)N(Cc1ccc(Cl)cc1Cl)C(=O)COc1ccc(Br)cc1. The van der Waals surface area contributed by atoms with Crippen LogP contribution in [0.2, 0.25) is 10.0 Å². The molecule has 0 radical (unpaired) electrons. The second-order valence-corrected chi connectivity index (χ2v) is 8.75. The molecule has 0 saturated heterocycles. The van der Waals surface area contributed by atoms with Gasteiger partial charge >= 0.3 is 0 Å². The number of halogens is 3. The summed E-state index contributed by atoms with van der Waals surface area (Å²) >= 11 is 15.6. The summed E-state index contributed by atoms with van der Waals surface area (Å²) in [5.41, 5.74) is 0.696. The van der Waals surface area contributed by atoms with Crippen molar-refractivity contribution in [2.24, 2.45) is 0 Å². The summed E-state index contributed by atoms with van der Waals surface area (Å²) in [5.74, 6) is 0.00917. The maximum absolute atomic E-state index is 13.0. The normalized spacial score (nSPS) is 12.7. The van der Waals surface area contributed by atoms with E-state index in [0.29, 0.717) is 21.4 Å². The van der Waals surface area contributed by atoms with Crippen LogP contribution in [0.5, 0.6) is 5.75 Å². The fraction of sp³-hybridized carbons (Fsp3) is 0.364. The maximum atomic E-state index is 13.0. The molecule has 162 valence electrons. The fourth-order valence-corrected chi connectivity index (χ4v) is 3.37. The van der Waals surface area contributed by atoms with Crippen LogP contribution < -0.4 is 10.1 Å². The molecule has 2 aromatic carbocycles. The second kappa shape index (κ2) is 11.6. The van der Waals surface area contributed by atoms with Crippen LogP contribution in [0.4, 0.5) is 0 Å². The van der Waals surface area contributed by atoms with Gasteiger partial charge in [0.1, 0.15) is 11.8 Å². The lowest BCUT2D eigenvalue weighted by Gasteiger charge is -2.30. The monoisotopic (exact) mass is 514 g/mol. The molecule has 1 N–H and O–H groups in total. The topological polar surface area (TPSA) is 58.6 Å². The summed E-state index contributed by atoms with van der Waals surface area (Å²) in [4.78, 5) is 27.2. The number of benzene rings is 2. The molecule has 0 bridgehead atoms. The number of carbonyl (C=O) groups is 2. The van der Waals surface area contributed by atoms with E-state index in [9.17, 15) is 9.59 Å². The Labute approximate surface area is 195 Å². The van der Waals surface area contributed by atoms with Crippen molar-refractivity contribution in [1.82, 2.24) is 10.2 Å². The Bertz CT molecular complexity index is 877. The zero-order valence-corrected chi connectivity index (χ0v) is 20.2. The van der Waals surface area contributed by atoms with Crippen LogP contribution in [0.15, 0.2) is 46.9 Å². The first-order valence-electron chi connectivity index (χ1n) is 9.63. The van der Waals surface area contributed by atoms with Crippen molar-refractivity contribution in [1.29, 1.82) is 0 Å². The molecule has 8 heteroatoms. The molecular formula is C22H25BrCl2N2O3. The van der Waals surface area contributed by atoms with Gasteiger partial charge in [0, 0.05) is 27.1 Å². The molecule has 0 saturated carbocycles. The molecule has 0 fully saturated rings. The summed E-state index contributed by atoms with van der Waals surface area (Å²) in [6.45, 7) is 5.56. The number of amides is 2. The van der Waals surface area contributed by atoms with Gasteiger partial charge in [-0.2, -0.15) is 0 Å². The van der Waals surface area contributed by atoms with Crippen LogP contribution in [0, 0.1) is 0 Å². The molecule has 2 aromatic rings. The van der Waals surface area contributed by atoms with Gasteiger partial charge in [-0.1, -0.05) is 52.1 Å². The lowest BCUT2D eigenvalue weighted by atomic mass is 10.1. The lowest BCUT2D eigenvalue weighted by molar-refractivity contribution is -0.142. The number of rotatable bonds is 9. The summed E-state index contributed by atoms with van der Waals surface area (Å²) in [7, 11) is 0. The number of carbonyl (C=O) groups excluding carboxylic acids is 2. The van der Waals surface area contributed by atoms with Gasteiger partial charge in [-0.15, -0.1) is 0 Å². The largest absolute Gasteiger partial charge is 0.484 e. The predicted molar refractivity (Wildman–Crippen MR) is 124 cm³/mol. The Hall–Kier alpha value is -1.76. The minimum absolute atomic E-state index is 0.00929. The van der Waals surface area contributed by atoms with E-state index >= 15 is 0 Å². The Morgan fingerprint density at radius 1 is 1.13 bits per heavy atom. The number of hydrogen-bond donors (Lipinski definition) is 1. The highest BCUT2D eigenvalue weighted by atomic mass is 79.9. The fourth-order valence-electron chi connectivity index (χ4n) is 2.64. The molecule has 2 unspecified atom stereocenters. The number of nitrogens with zero attached hydrogens (tertiary/aromatic N) is 1. The smallest absolute Gasteiger partial charge is 0.261 e. The van der Waals surface area contributed by atoms with E-state index in [2.05, 4.69) is 21.2 Å². The quantitative estimate of drug-likeness (QED) is 0.482. The third-order valence-electron chi connectivity index (χ3n) is 4.70.